The van der Waals surface area contributed by atoms with Gasteiger partial charge in [-0.15, -0.1) is 0 Å². The summed E-state index contributed by atoms with van der Waals surface area (Å²) in [6, 6.07) is 0. The molecule has 0 N–H and O–H groups in total. The fourth-order valence-corrected chi connectivity index (χ4v) is 6.02. The van der Waals surface area contributed by atoms with Gasteiger partial charge < -0.3 is 27.9 Å². The quantitative estimate of drug-likeness (QED) is 0.0200. The summed E-state index contributed by atoms with van der Waals surface area (Å²) in [6.45, 7) is 5.06. The van der Waals surface area contributed by atoms with Gasteiger partial charge in [-0.1, -0.05) is 143 Å². The fourth-order valence-electron chi connectivity index (χ4n) is 5.29. The van der Waals surface area contributed by atoms with Gasteiger partial charge in [0.05, 0.1) is 34.4 Å². The lowest BCUT2D eigenvalue weighted by atomic mass is 10.1. The Balaban J connectivity index is 4.34. The van der Waals surface area contributed by atoms with Crippen LogP contribution in [0.1, 0.15) is 142 Å². The molecule has 0 aromatic heterocycles. The van der Waals surface area contributed by atoms with Crippen molar-refractivity contribution in [3.05, 3.63) is 97.2 Å². The molecule has 0 fully saturated rings. The van der Waals surface area contributed by atoms with E-state index in [9.17, 15) is 14.3 Å². The molecule has 0 aliphatic heterocycles. The zero-order chi connectivity index (χ0) is 42.0. The molecule has 2 atom stereocenters. The highest BCUT2D eigenvalue weighted by Gasteiger charge is 2.20. The topological polar surface area (TPSA) is 94.1 Å². The summed E-state index contributed by atoms with van der Waals surface area (Å²) in [5.74, 6) is -0.366. The molecule has 9 heteroatoms. The molecule has 57 heavy (non-hydrogen) atoms. The zero-order valence-electron chi connectivity index (χ0n) is 36.7. The second-order valence-corrected chi connectivity index (χ2v) is 16.7. The van der Waals surface area contributed by atoms with Crippen LogP contribution in [0.25, 0.3) is 0 Å². The Morgan fingerprint density at radius 2 is 0.965 bits per heavy atom. The van der Waals surface area contributed by atoms with Crippen molar-refractivity contribution >= 4 is 13.8 Å². The van der Waals surface area contributed by atoms with Crippen LogP contribution in [0, 0.1) is 0 Å². The molecule has 0 rings (SSSR count). The second-order valence-electron chi connectivity index (χ2n) is 15.3. The number of allylic oxidation sites excluding steroid dienone is 16. The average molecular weight is 816 g/mol. The number of carbonyl (C=O) groups is 1. The number of esters is 1. The van der Waals surface area contributed by atoms with Gasteiger partial charge in [-0.3, -0.25) is 9.36 Å². The van der Waals surface area contributed by atoms with E-state index in [1.54, 1.807) is 0 Å². The van der Waals surface area contributed by atoms with Gasteiger partial charge in [0.25, 0.3) is 7.82 Å². The first-order valence-corrected chi connectivity index (χ1v) is 23.4. The largest absolute Gasteiger partial charge is 0.756 e. The fraction of sp³-hybridized carbons (Fsp3) is 0.646. The molecule has 326 valence electrons. The van der Waals surface area contributed by atoms with Crippen molar-refractivity contribution < 1.29 is 37.3 Å². The van der Waals surface area contributed by atoms with E-state index in [4.69, 9.17) is 18.5 Å². The third kappa shape index (κ3) is 44.4. The Morgan fingerprint density at radius 3 is 1.44 bits per heavy atom. The molecule has 0 saturated carbocycles. The third-order valence-electron chi connectivity index (χ3n) is 8.63. The van der Waals surface area contributed by atoms with Gasteiger partial charge in [-0.2, -0.15) is 0 Å². The molecule has 0 aliphatic carbocycles. The van der Waals surface area contributed by atoms with E-state index in [0.717, 1.165) is 122 Å². The SMILES string of the molecule is CC/C=C\C/C=C\C/C=C\C/C=C\C/C=C\CCCCCCOCC(COP(=O)([O-])OCC[N+](C)(C)C)OC(=O)CCCCCCC/C=C\C/C=C\C/C=C\CC. The lowest BCUT2D eigenvalue weighted by Crippen LogP contribution is -2.37. The van der Waals surface area contributed by atoms with Gasteiger partial charge in [-0.05, 0) is 89.9 Å². The maximum Gasteiger partial charge on any atom is 0.306 e. The number of phosphoric acid groups is 1. The minimum absolute atomic E-state index is 0.0111. The van der Waals surface area contributed by atoms with Gasteiger partial charge in [-0.25, -0.2) is 0 Å². The minimum atomic E-state index is -4.54. The molecule has 0 spiro atoms. The van der Waals surface area contributed by atoms with E-state index in [2.05, 4.69) is 111 Å². The molecule has 2 unspecified atom stereocenters. The van der Waals surface area contributed by atoms with E-state index < -0.39 is 13.9 Å². The Kier molecular flexibility index (Phi) is 38.4. The Bertz CT molecular complexity index is 1230. The van der Waals surface area contributed by atoms with E-state index in [-0.39, 0.29) is 32.2 Å². The Morgan fingerprint density at radius 1 is 0.544 bits per heavy atom. The van der Waals surface area contributed by atoms with Gasteiger partial charge in [0.1, 0.15) is 19.3 Å². The van der Waals surface area contributed by atoms with Gasteiger partial charge >= 0.3 is 5.97 Å². The number of hydrogen-bond acceptors (Lipinski definition) is 7. The summed E-state index contributed by atoms with van der Waals surface area (Å²) in [5.41, 5.74) is 0. The molecular formula is C48H82NO7P. The molecule has 0 aliphatic rings. The average Bonchev–Trinajstić information content (AvgIpc) is 3.16. The summed E-state index contributed by atoms with van der Waals surface area (Å²) in [5, 5.41) is 0. The molecule has 0 heterocycles. The lowest BCUT2D eigenvalue weighted by molar-refractivity contribution is -0.870. The number of quaternary nitrogens is 1. The van der Waals surface area contributed by atoms with Crippen LogP contribution in [0.2, 0.25) is 0 Å². The van der Waals surface area contributed by atoms with Crippen LogP contribution < -0.4 is 4.89 Å². The van der Waals surface area contributed by atoms with E-state index >= 15 is 0 Å². The molecule has 0 saturated heterocycles. The van der Waals surface area contributed by atoms with Crippen LogP contribution in [0.3, 0.4) is 0 Å². The monoisotopic (exact) mass is 816 g/mol. The molecule has 0 aromatic carbocycles. The summed E-state index contributed by atoms with van der Waals surface area (Å²) in [6.07, 6.45) is 54.2. The predicted octanol–water partition coefficient (Wildman–Crippen LogP) is 12.4. The summed E-state index contributed by atoms with van der Waals surface area (Å²) < 4.78 is 34.5. The summed E-state index contributed by atoms with van der Waals surface area (Å²) >= 11 is 0. The molecule has 8 nitrogen and oxygen atoms in total. The van der Waals surface area contributed by atoms with Crippen molar-refractivity contribution in [2.45, 2.75) is 148 Å². The number of carbonyl (C=O) groups excluding carboxylic acids is 1. The van der Waals surface area contributed by atoms with Crippen molar-refractivity contribution in [2.24, 2.45) is 0 Å². The first kappa shape index (κ1) is 54.4. The first-order valence-electron chi connectivity index (χ1n) is 22.0. The Labute approximate surface area is 349 Å². The van der Waals surface area contributed by atoms with Crippen molar-refractivity contribution in [1.82, 2.24) is 0 Å². The highest BCUT2D eigenvalue weighted by atomic mass is 31.2. The van der Waals surface area contributed by atoms with Crippen LogP contribution in [-0.2, 0) is 27.9 Å². The summed E-state index contributed by atoms with van der Waals surface area (Å²) in [4.78, 5) is 25.0. The zero-order valence-corrected chi connectivity index (χ0v) is 37.6. The smallest absolute Gasteiger partial charge is 0.306 e. The maximum atomic E-state index is 12.7. The number of phosphoric ester groups is 1. The van der Waals surface area contributed by atoms with E-state index in [1.807, 2.05) is 21.1 Å². The highest BCUT2D eigenvalue weighted by Crippen LogP contribution is 2.38. The van der Waals surface area contributed by atoms with Crippen molar-refractivity contribution in [3.8, 4) is 0 Å². The normalized spacial score (nSPS) is 14.7. The first-order chi connectivity index (χ1) is 27.6. The van der Waals surface area contributed by atoms with E-state index in [1.165, 1.54) is 0 Å². The number of likely N-dealkylation sites (N-methyl/N-ethyl adjacent to an activating group) is 1. The molecular weight excluding hydrogens is 734 g/mol. The van der Waals surface area contributed by atoms with Crippen LogP contribution in [-0.4, -0.2) is 70.7 Å². The van der Waals surface area contributed by atoms with Crippen molar-refractivity contribution in [1.29, 1.82) is 0 Å². The Hall–Kier alpha value is -2.58. The number of rotatable bonds is 39. The maximum absolute atomic E-state index is 12.7. The van der Waals surface area contributed by atoms with E-state index in [0.29, 0.717) is 17.6 Å². The molecule has 0 bridgehead atoms. The van der Waals surface area contributed by atoms with Gasteiger partial charge in [0, 0.05) is 13.0 Å². The number of ether oxygens (including phenoxy) is 2. The lowest BCUT2D eigenvalue weighted by Gasteiger charge is -2.28. The van der Waals surface area contributed by atoms with Crippen molar-refractivity contribution in [3.63, 3.8) is 0 Å². The number of hydrogen-bond donors (Lipinski definition) is 0. The minimum Gasteiger partial charge on any atom is -0.756 e. The van der Waals surface area contributed by atoms with Gasteiger partial charge in [0.2, 0.25) is 0 Å². The van der Waals surface area contributed by atoms with Crippen molar-refractivity contribution in [2.75, 3.05) is 54.1 Å². The van der Waals surface area contributed by atoms with Crippen LogP contribution in [0.5, 0.6) is 0 Å². The highest BCUT2D eigenvalue weighted by molar-refractivity contribution is 7.45. The van der Waals surface area contributed by atoms with Crippen LogP contribution >= 0.6 is 7.82 Å². The predicted molar refractivity (Wildman–Crippen MR) is 240 cm³/mol. The number of unbranched alkanes of at least 4 members (excludes halogenated alkanes) is 9. The van der Waals surface area contributed by atoms with Crippen LogP contribution in [0.4, 0.5) is 0 Å². The number of nitrogens with zero attached hydrogens (tertiary/aromatic N) is 1. The summed E-state index contributed by atoms with van der Waals surface area (Å²) in [7, 11) is 1.31. The molecule has 0 aromatic rings. The van der Waals surface area contributed by atoms with Crippen LogP contribution in [0.15, 0.2) is 97.2 Å². The third-order valence-corrected chi connectivity index (χ3v) is 9.59. The molecule has 0 amide bonds. The standard InChI is InChI=1S/C48H82NO7P/c1-6-8-10-12-14-16-18-20-22-23-24-25-26-28-30-32-34-36-38-40-43-53-45-47(46-55-57(51,52)54-44-42-49(3,4)5)56-48(50)41-39-37-35-33-31-29-27-21-19-17-15-13-11-9-7-2/h8-11,14-17,20-22,24-25,27-28,30,47H,6-7,12-13,18-19,23,26,29,31-46H2,1-5H3/b10-8-,11-9-,16-14-,17-15-,22-20-,25-24-,27-21-,30-28-. The second kappa shape index (κ2) is 40.2. The molecule has 0 radical (unpaired) electrons. The van der Waals surface area contributed by atoms with Gasteiger partial charge in [0.15, 0.2) is 0 Å².